The quantitative estimate of drug-likeness (QED) is 0.316. The first-order valence-electron chi connectivity index (χ1n) is 0. The van der Waals surface area contributed by atoms with Crippen molar-refractivity contribution < 1.29 is 46.8 Å². The average molecular weight is 170 g/mol. The number of rotatable bonds is 0. The molecule has 0 aliphatic rings. The van der Waals surface area contributed by atoms with Gasteiger partial charge in [0.1, 0.15) is 0 Å². The minimum absolute atomic E-state index is 0. The molecule has 0 aliphatic heterocycles. The van der Waals surface area contributed by atoms with Crippen LogP contribution in [-0.2, 0) is 32.7 Å². The van der Waals surface area contributed by atoms with Gasteiger partial charge in [-0.05, 0) is 0 Å². The summed E-state index contributed by atoms with van der Waals surface area (Å²) in [4.78, 5) is 0. The molecule has 0 amide bonds. The molecule has 0 saturated carbocycles. The largest absolute Gasteiger partial charge is 3.00 e. The van der Waals surface area contributed by atoms with Crippen molar-refractivity contribution in [2.24, 2.45) is 0 Å². The molecule has 0 heterocycles. The van der Waals surface area contributed by atoms with Crippen molar-refractivity contribution in [2.45, 2.75) is 0 Å². The Morgan fingerprint density at radius 3 is 0.600 bits per heavy atom. The summed E-state index contributed by atoms with van der Waals surface area (Å²) in [5, 5.41) is 0. The number of hydrogen-bond acceptors (Lipinski definition) is 0. The normalized spacial score (nSPS) is 0. The Balaban J connectivity index is 0. The van der Waals surface area contributed by atoms with Crippen molar-refractivity contribution in [1.29, 1.82) is 0 Å². The van der Waals surface area contributed by atoms with E-state index in [1.165, 1.54) is 0 Å². The molecular weight excluding hydrogens is 169 g/mol. The Hall–Kier alpha value is 1.89. The summed E-state index contributed by atoms with van der Waals surface area (Å²) in [6.45, 7) is 0. The van der Waals surface area contributed by atoms with E-state index in [0.29, 0.717) is 0 Å². The molecule has 0 bridgehead atoms. The van der Waals surface area contributed by atoms with E-state index in [0.717, 1.165) is 0 Å². The maximum atomic E-state index is 0. The molecule has 0 spiro atoms. The van der Waals surface area contributed by atoms with Crippen LogP contribution in [-0.4, -0.2) is 29.6 Å². The summed E-state index contributed by atoms with van der Waals surface area (Å²) in [5.41, 5.74) is 0. The molecule has 0 saturated heterocycles. The molecule has 0 rings (SSSR count). The van der Waals surface area contributed by atoms with E-state index in [4.69, 9.17) is 0 Å². The predicted molar refractivity (Wildman–Crippen MR) is 7.15 cm³/mol. The summed E-state index contributed by atoms with van der Waals surface area (Å²) >= 11 is 0. The molecule has 0 aromatic carbocycles. The van der Waals surface area contributed by atoms with Crippen LogP contribution in [0.15, 0.2) is 0 Å². The van der Waals surface area contributed by atoms with Crippen molar-refractivity contribution in [3.05, 3.63) is 0 Å². The molecule has 0 fully saturated rings. The zero-order chi connectivity index (χ0) is 0. The van der Waals surface area contributed by atoms with Crippen LogP contribution in [0.3, 0.4) is 0 Å². The van der Waals surface area contributed by atoms with Gasteiger partial charge in [0.2, 0.25) is 0 Å². The maximum Gasteiger partial charge on any atom is 3.00 e. The smallest absolute Gasteiger partial charge is 3.00 e. The van der Waals surface area contributed by atoms with Gasteiger partial charge in [-0.1, -0.05) is 0 Å². The van der Waals surface area contributed by atoms with Gasteiger partial charge < -0.3 is 14.1 Å². The molecule has 0 radical (unpaired) electrons. The van der Waals surface area contributed by atoms with Gasteiger partial charge in [-0.2, -0.15) is 0 Å². The molecule has 0 aromatic rings. The third-order valence-corrected chi connectivity index (χ3v) is 0. The maximum absolute atomic E-state index is 0. The van der Waals surface area contributed by atoms with Crippen molar-refractivity contribution in [2.75, 3.05) is 0 Å². The summed E-state index contributed by atoms with van der Waals surface area (Å²) in [7, 11) is 0. The van der Waals surface area contributed by atoms with E-state index < -0.39 is 0 Å². The van der Waals surface area contributed by atoms with Crippen LogP contribution >= 0.6 is 0 Å². The predicted octanol–water partition coefficient (Wildman–Crippen LogP) is -9.64. The minimum Gasteiger partial charge on any atom is 3.00 e. The molecule has 0 atom stereocenters. The summed E-state index contributed by atoms with van der Waals surface area (Å²) in [6, 6.07) is 0. The minimum atomic E-state index is 0. The van der Waals surface area contributed by atoms with Crippen molar-refractivity contribution in [1.82, 2.24) is 0 Å². The first kappa shape index (κ1) is 66.8. The van der Waals surface area contributed by atoms with E-state index in [9.17, 15) is 0 Å². The standard InChI is InChI=1S/3FH.Na.Y.H/h3*1H;;;/q;;;;+3;/p-3. The van der Waals surface area contributed by atoms with Crippen molar-refractivity contribution in [3.8, 4) is 0 Å². The Bertz CT molecular complexity index is 6.85. The summed E-state index contributed by atoms with van der Waals surface area (Å²) in [6.07, 6.45) is 0. The van der Waals surface area contributed by atoms with Gasteiger partial charge in [-0.3, -0.25) is 0 Å². The zero-order valence-electron chi connectivity index (χ0n) is 1.71. The van der Waals surface area contributed by atoms with E-state index in [1.807, 2.05) is 0 Å². The Morgan fingerprint density at radius 1 is 0.600 bits per heavy atom. The summed E-state index contributed by atoms with van der Waals surface area (Å²) in [5.74, 6) is 0. The second kappa shape index (κ2) is 39.4. The number of hydrogen-bond donors (Lipinski definition) is 0. The van der Waals surface area contributed by atoms with Crippen molar-refractivity contribution >= 4 is 29.6 Å². The monoisotopic (exact) mass is 170 g/mol. The molecule has 0 aromatic heterocycles. The molecular formula is HF3NaY. The fourth-order valence-electron chi connectivity index (χ4n) is 0. The van der Waals surface area contributed by atoms with Crippen LogP contribution in [0.25, 0.3) is 0 Å². The SMILES string of the molecule is [F-].[F-].[F-].[NaH].[Y+3]. The van der Waals surface area contributed by atoms with Gasteiger partial charge in [-0.25, -0.2) is 0 Å². The molecule has 0 N–H and O–H groups in total. The van der Waals surface area contributed by atoms with Gasteiger partial charge in [0.15, 0.2) is 0 Å². The van der Waals surface area contributed by atoms with Crippen molar-refractivity contribution in [3.63, 3.8) is 0 Å². The molecule has 5 heteroatoms. The van der Waals surface area contributed by atoms with Crippen LogP contribution in [0, 0.1) is 0 Å². The zero-order valence-corrected chi connectivity index (χ0v) is 4.55. The second-order valence-corrected chi connectivity index (χ2v) is 0. The van der Waals surface area contributed by atoms with Gasteiger partial charge in [0.05, 0.1) is 0 Å². The van der Waals surface area contributed by atoms with E-state index in [1.54, 1.807) is 0 Å². The second-order valence-electron chi connectivity index (χ2n) is 0. The molecule has 5 heavy (non-hydrogen) atoms. The van der Waals surface area contributed by atoms with Crippen LogP contribution in [0.2, 0.25) is 0 Å². The molecule has 0 nitrogen and oxygen atoms in total. The molecule has 0 aliphatic carbocycles. The Kier molecular flexibility index (Phi) is 526. The van der Waals surface area contributed by atoms with E-state index in [-0.39, 0.29) is 76.4 Å². The van der Waals surface area contributed by atoms with Crippen LogP contribution < -0.4 is 14.1 Å². The van der Waals surface area contributed by atoms with Crippen LogP contribution in [0.5, 0.6) is 0 Å². The third-order valence-electron chi connectivity index (χ3n) is 0. The fraction of sp³-hybridized carbons (Fsp3) is 0. The van der Waals surface area contributed by atoms with E-state index in [2.05, 4.69) is 0 Å². The summed E-state index contributed by atoms with van der Waals surface area (Å²) < 4.78 is 0. The number of halogens is 3. The van der Waals surface area contributed by atoms with Gasteiger partial charge in [0, 0.05) is 0 Å². The first-order valence-corrected chi connectivity index (χ1v) is 0. The molecule has 0 unspecified atom stereocenters. The van der Waals surface area contributed by atoms with Gasteiger partial charge >= 0.3 is 62.3 Å². The topological polar surface area (TPSA) is 0 Å². The average Bonchev–Trinajstić information content (AvgIpc) is 0. The van der Waals surface area contributed by atoms with Gasteiger partial charge in [0.25, 0.3) is 0 Å². The molecule has 26 valence electrons. The van der Waals surface area contributed by atoms with E-state index >= 15 is 0 Å². The third kappa shape index (κ3) is 24.9. The Morgan fingerprint density at radius 2 is 0.600 bits per heavy atom. The van der Waals surface area contributed by atoms with Gasteiger partial charge in [-0.15, -0.1) is 0 Å². The Labute approximate surface area is 75.4 Å². The van der Waals surface area contributed by atoms with Crippen LogP contribution in [0.4, 0.5) is 0 Å². The first-order chi connectivity index (χ1) is 0. The van der Waals surface area contributed by atoms with Crippen LogP contribution in [0.1, 0.15) is 0 Å². The fourth-order valence-corrected chi connectivity index (χ4v) is 0.